The zero-order valence-electron chi connectivity index (χ0n) is 27.1. The van der Waals surface area contributed by atoms with E-state index in [9.17, 15) is 0 Å². The van der Waals surface area contributed by atoms with Crippen LogP contribution >= 0.6 is 11.3 Å². The number of nitrogens with zero attached hydrogens (tertiary/aromatic N) is 3. The first-order chi connectivity index (χ1) is 24.8. The summed E-state index contributed by atoms with van der Waals surface area (Å²) < 4.78 is 2.49. The molecule has 0 atom stereocenters. The highest BCUT2D eigenvalue weighted by Crippen LogP contribution is 2.37. The lowest BCUT2D eigenvalue weighted by Gasteiger charge is -2.35. The fourth-order valence-electron chi connectivity index (χ4n) is 7.25. The van der Waals surface area contributed by atoms with Gasteiger partial charge in [-0.25, -0.2) is 15.0 Å². The molecule has 5 heteroatoms. The van der Waals surface area contributed by atoms with Crippen molar-refractivity contribution in [1.29, 1.82) is 0 Å². The summed E-state index contributed by atoms with van der Waals surface area (Å²) in [5.41, 5.74) is 2.90. The normalized spacial score (nSPS) is 11.6. The second-order valence-electron chi connectivity index (χ2n) is 12.4. The molecule has 0 radical (unpaired) electrons. The van der Waals surface area contributed by atoms with Crippen molar-refractivity contribution in [3.05, 3.63) is 188 Å². The number of rotatable bonds is 7. The summed E-state index contributed by atoms with van der Waals surface area (Å²) in [5.74, 6) is 1.98. The van der Waals surface area contributed by atoms with Gasteiger partial charge in [-0.1, -0.05) is 176 Å². The van der Waals surface area contributed by atoms with Gasteiger partial charge < -0.3 is 0 Å². The molecule has 2 heterocycles. The molecule has 50 heavy (non-hydrogen) atoms. The minimum absolute atomic E-state index is 0.658. The Morgan fingerprint density at radius 3 is 1.24 bits per heavy atom. The van der Waals surface area contributed by atoms with Crippen LogP contribution in [0.25, 0.3) is 54.3 Å². The van der Waals surface area contributed by atoms with Gasteiger partial charge in [-0.3, -0.25) is 0 Å². The summed E-state index contributed by atoms with van der Waals surface area (Å²) in [4.78, 5) is 15.4. The van der Waals surface area contributed by atoms with Crippen molar-refractivity contribution in [3.63, 3.8) is 0 Å². The Labute approximate surface area is 296 Å². The summed E-state index contributed by atoms with van der Waals surface area (Å²) in [6.07, 6.45) is 0. The Hall–Kier alpha value is -6.01. The molecule has 0 saturated heterocycles. The molecule has 0 aliphatic carbocycles. The number of aromatic nitrogens is 3. The van der Waals surface area contributed by atoms with Crippen LogP contribution in [-0.2, 0) is 0 Å². The van der Waals surface area contributed by atoms with Gasteiger partial charge in [-0.05, 0) is 32.9 Å². The van der Waals surface area contributed by atoms with Crippen LogP contribution in [0.2, 0.25) is 0 Å². The third kappa shape index (κ3) is 5.15. The molecule has 0 aliphatic heterocycles. The van der Waals surface area contributed by atoms with E-state index in [0.717, 1.165) is 16.7 Å². The summed E-state index contributed by atoms with van der Waals surface area (Å²) >= 11 is 1.84. The lowest BCUT2D eigenvalue weighted by atomic mass is 10.1. The zero-order chi connectivity index (χ0) is 33.3. The minimum Gasteiger partial charge on any atom is -0.208 e. The van der Waals surface area contributed by atoms with Crippen molar-refractivity contribution in [1.82, 2.24) is 15.0 Å². The highest BCUT2D eigenvalue weighted by atomic mass is 32.1. The molecule has 0 amide bonds. The number of hydrogen-bond donors (Lipinski definition) is 0. The van der Waals surface area contributed by atoms with E-state index in [2.05, 4.69) is 152 Å². The van der Waals surface area contributed by atoms with Crippen LogP contribution in [0.5, 0.6) is 0 Å². The summed E-state index contributed by atoms with van der Waals surface area (Å²) in [7, 11) is -2.93. The molecule has 9 aromatic rings. The summed E-state index contributed by atoms with van der Waals surface area (Å²) in [6, 6.07) is 67.3. The highest BCUT2D eigenvalue weighted by molar-refractivity contribution is 7.27. The van der Waals surface area contributed by atoms with Crippen LogP contribution in [0.15, 0.2) is 188 Å². The molecule has 0 N–H and O–H groups in total. The molecule has 0 aliphatic rings. The molecule has 236 valence electrons. The van der Waals surface area contributed by atoms with Gasteiger partial charge in [-0.15, -0.1) is 11.3 Å². The van der Waals surface area contributed by atoms with Gasteiger partial charge in [0.25, 0.3) is 0 Å². The van der Waals surface area contributed by atoms with Crippen LogP contribution in [0.1, 0.15) is 0 Å². The van der Waals surface area contributed by atoms with Crippen LogP contribution < -0.4 is 20.7 Å². The smallest absolute Gasteiger partial charge is 0.180 e. The first kappa shape index (κ1) is 30.1. The second-order valence-corrected chi connectivity index (χ2v) is 17.2. The average molecular weight is 674 g/mol. The number of hydrogen-bond acceptors (Lipinski definition) is 4. The lowest BCUT2D eigenvalue weighted by molar-refractivity contribution is 1.07. The maximum atomic E-state index is 5.20. The molecule has 0 fully saturated rings. The van der Waals surface area contributed by atoms with Crippen LogP contribution in [-0.4, -0.2) is 23.0 Å². The molecule has 9 rings (SSSR count). The molecule has 2 aromatic heterocycles. The quantitative estimate of drug-likeness (QED) is 0.126. The fraction of sp³-hybridized carbons (Fsp3) is 0. The molecular weight excluding hydrogens is 643 g/mol. The van der Waals surface area contributed by atoms with Crippen molar-refractivity contribution in [2.75, 3.05) is 0 Å². The van der Waals surface area contributed by atoms with E-state index in [1.54, 1.807) is 0 Å². The van der Waals surface area contributed by atoms with Crippen molar-refractivity contribution >= 4 is 60.3 Å². The van der Waals surface area contributed by atoms with Gasteiger partial charge in [-0.2, -0.15) is 0 Å². The first-order valence-electron chi connectivity index (χ1n) is 16.8. The third-order valence-corrected chi connectivity index (χ3v) is 15.4. The molecule has 3 nitrogen and oxygen atoms in total. The van der Waals surface area contributed by atoms with E-state index >= 15 is 0 Å². The van der Waals surface area contributed by atoms with Gasteiger partial charge in [0, 0.05) is 36.9 Å². The van der Waals surface area contributed by atoms with Gasteiger partial charge in [0.1, 0.15) is 0 Å². The van der Waals surface area contributed by atoms with Crippen molar-refractivity contribution in [3.8, 4) is 34.2 Å². The highest BCUT2D eigenvalue weighted by Gasteiger charge is 2.43. The molecule has 7 aromatic carbocycles. The zero-order valence-corrected chi connectivity index (χ0v) is 29.0. The van der Waals surface area contributed by atoms with Crippen molar-refractivity contribution < 1.29 is 0 Å². The van der Waals surface area contributed by atoms with E-state index < -0.39 is 8.07 Å². The van der Waals surface area contributed by atoms with E-state index in [1.165, 1.54) is 40.9 Å². The Balaban J connectivity index is 1.43. The Kier molecular flexibility index (Phi) is 7.69. The Morgan fingerprint density at radius 1 is 0.360 bits per heavy atom. The average Bonchev–Trinajstić information content (AvgIpc) is 3.59. The molecule has 0 spiro atoms. The number of fused-ring (bicyclic) bond motifs is 3. The SMILES string of the molecule is c1ccc(-c2nc(-c3ccccc3)nc(-c3cc([Si](c4ccccc4)(c4ccccc4)c4ccccc4)c4c(c3)sc3ccccc34)n2)cc1. The summed E-state index contributed by atoms with van der Waals surface area (Å²) in [6.45, 7) is 0. The van der Waals surface area contributed by atoms with Gasteiger partial charge in [0.2, 0.25) is 0 Å². The minimum atomic E-state index is -2.93. The molecule has 0 unspecified atom stereocenters. The number of thiophene rings is 1. The monoisotopic (exact) mass is 673 g/mol. The first-order valence-corrected chi connectivity index (χ1v) is 19.6. The van der Waals surface area contributed by atoms with Crippen LogP contribution in [0.3, 0.4) is 0 Å². The predicted octanol–water partition coefficient (Wildman–Crippen LogP) is 8.62. The van der Waals surface area contributed by atoms with Crippen LogP contribution in [0.4, 0.5) is 0 Å². The van der Waals surface area contributed by atoms with Gasteiger partial charge in [0.15, 0.2) is 25.5 Å². The topological polar surface area (TPSA) is 38.7 Å². The largest absolute Gasteiger partial charge is 0.208 e. The Morgan fingerprint density at radius 2 is 0.760 bits per heavy atom. The second kappa shape index (κ2) is 12.8. The molecular formula is C45H31N3SSi. The number of benzene rings is 7. The van der Waals surface area contributed by atoms with E-state index in [4.69, 9.17) is 15.0 Å². The maximum Gasteiger partial charge on any atom is 0.180 e. The fourth-order valence-corrected chi connectivity index (χ4v) is 13.5. The standard InChI is InChI=1S/C45H31N3SSi/c1-6-18-32(19-7-1)43-46-44(33-20-8-2-9-21-33)48-45(47-43)34-30-40-42(38-28-16-17-29-39(38)49-40)41(31-34)50(35-22-10-3-11-23-35,36-24-12-4-13-25-36)37-26-14-5-15-27-37/h1-31H. The van der Waals surface area contributed by atoms with Crippen LogP contribution in [0, 0.1) is 0 Å². The molecule has 0 bridgehead atoms. The Bertz CT molecular complexity index is 2420. The van der Waals surface area contributed by atoms with Gasteiger partial charge >= 0.3 is 0 Å². The van der Waals surface area contributed by atoms with Crippen molar-refractivity contribution in [2.24, 2.45) is 0 Å². The predicted molar refractivity (Wildman–Crippen MR) is 213 cm³/mol. The van der Waals surface area contributed by atoms with Crippen molar-refractivity contribution in [2.45, 2.75) is 0 Å². The lowest BCUT2D eigenvalue weighted by Crippen LogP contribution is -2.74. The van der Waals surface area contributed by atoms with E-state index in [-0.39, 0.29) is 0 Å². The van der Waals surface area contributed by atoms with E-state index in [1.807, 2.05) is 47.7 Å². The van der Waals surface area contributed by atoms with E-state index in [0.29, 0.717) is 17.5 Å². The van der Waals surface area contributed by atoms with Gasteiger partial charge in [0.05, 0.1) is 0 Å². The maximum absolute atomic E-state index is 5.20. The summed E-state index contributed by atoms with van der Waals surface area (Å²) in [5, 5.41) is 7.90. The third-order valence-electron chi connectivity index (χ3n) is 9.46. The molecule has 0 saturated carbocycles.